The van der Waals surface area contributed by atoms with Gasteiger partial charge in [-0.3, -0.25) is 4.99 Å². The molecule has 32 heavy (non-hydrogen) atoms. The minimum absolute atomic E-state index is 0.219. The van der Waals surface area contributed by atoms with E-state index >= 15 is 0 Å². The predicted molar refractivity (Wildman–Crippen MR) is 121 cm³/mol. The lowest BCUT2D eigenvalue weighted by Gasteiger charge is -2.11. The number of nitrogens with zero attached hydrogens (tertiary/aromatic N) is 1. The Morgan fingerprint density at radius 3 is 2.38 bits per heavy atom. The average Bonchev–Trinajstić information content (AvgIpc) is 2.81. The molecule has 0 amide bonds. The first kappa shape index (κ1) is 22.8. The van der Waals surface area contributed by atoms with E-state index in [0.29, 0.717) is 17.2 Å². The SMILES string of the molecule is COC(=O)c1ccc(N=Cc2ccc(OCc3ccc(C(=O)O)cc3)c(OC)c2)cc1Cl. The highest BCUT2D eigenvalue weighted by Gasteiger charge is 2.11. The van der Waals surface area contributed by atoms with Crippen molar-refractivity contribution in [1.82, 2.24) is 0 Å². The molecule has 0 spiro atoms. The largest absolute Gasteiger partial charge is 0.493 e. The summed E-state index contributed by atoms with van der Waals surface area (Å²) in [5.74, 6) is -0.422. The summed E-state index contributed by atoms with van der Waals surface area (Å²) in [6.45, 7) is 0.259. The fraction of sp³-hybridized carbons (Fsp3) is 0.125. The number of rotatable bonds is 8. The molecule has 164 valence electrons. The van der Waals surface area contributed by atoms with E-state index in [9.17, 15) is 9.59 Å². The van der Waals surface area contributed by atoms with Crippen LogP contribution in [-0.4, -0.2) is 37.5 Å². The zero-order valence-corrected chi connectivity index (χ0v) is 18.1. The number of halogens is 1. The van der Waals surface area contributed by atoms with Crippen LogP contribution in [0.3, 0.4) is 0 Å². The zero-order chi connectivity index (χ0) is 23.1. The number of carbonyl (C=O) groups excluding carboxylic acids is 1. The second kappa shape index (κ2) is 10.5. The van der Waals surface area contributed by atoms with Gasteiger partial charge in [0.2, 0.25) is 0 Å². The molecule has 1 N–H and O–H groups in total. The molecule has 8 heteroatoms. The van der Waals surface area contributed by atoms with Crippen LogP contribution in [0.25, 0.3) is 0 Å². The van der Waals surface area contributed by atoms with Crippen LogP contribution >= 0.6 is 11.6 Å². The van der Waals surface area contributed by atoms with Crippen molar-refractivity contribution in [3.63, 3.8) is 0 Å². The molecule has 0 aliphatic rings. The van der Waals surface area contributed by atoms with E-state index in [1.807, 2.05) is 6.07 Å². The Hall–Kier alpha value is -3.84. The molecule has 0 aliphatic heterocycles. The third-order valence-corrected chi connectivity index (χ3v) is 4.82. The summed E-state index contributed by atoms with van der Waals surface area (Å²) in [6, 6.07) is 16.6. The molecule has 3 rings (SSSR count). The lowest BCUT2D eigenvalue weighted by atomic mass is 10.1. The van der Waals surface area contributed by atoms with Crippen LogP contribution < -0.4 is 9.47 Å². The Labute approximate surface area is 189 Å². The predicted octanol–water partition coefficient (Wildman–Crippen LogP) is 5.16. The quantitative estimate of drug-likeness (QED) is 0.374. The molecule has 0 unspecified atom stereocenters. The molecular weight excluding hydrogens is 434 g/mol. The van der Waals surface area contributed by atoms with E-state index in [2.05, 4.69) is 9.73 Å². The minimum Gasteiger partial charge on any atom is -0.493 e. The summed E-state index contributed by atoms with van der Waals surface area (Å²) in [4.78, 5) is 26.9. The van der Waals surface area contributed by atoms with Gasteiger partial charge in [-0.25, -0.2) is 9.59 Å². The van der Waals surface area contributed by atoms with Gasteiger partial charge in [0.25, 0.3) is 0 Å². The van der Waals surface area contributed by atoms with Gasteiger partial charge in [-0.2, -0.15) is 0 Å². The zero-order valence-electron chi connectivity index (χ0n) is 17.4. The van der Waals surface area contributed by atoms with Gasteiger partial charge in [-0.05, 0) is 59.7 Å². The third-order valence-electron chi connectivity index (χ3n) is 4.50. The van der Waals surface area contributed by atoms with Crippen LogP contribution in [0.4, 0.5) is 5.69 Å². The Morgan fingerprint density at radius 1 is 1.00 bits per heavy atom. The van der Waals surface area contributed by atoms with Gasteiger partial charge >= 0.3 is 11.9 Å². The molecule has 0 aromatic heterocycles. The number of hydrogen-bond acceptors (Lipinski definition) is 6. The Kier molecular flexibility index (Phi) is 7.46. The molecule has 3 aromatic rings. The molecule has 0 fully saturated rings. The standard InChI is InChI=1S/C24H20ClNO6/c1-30-22-11-16(13-26-18-8-9-19(20(25)12-18)24(29)31-2)5-10-21(22)32-14-15-3-6-17(7-4-15)23(27)28/h3-13H,14H2,1-2H3,(H,27,28). The topological polar surface area (TPSA) is 94.4 Å². The first-order chi connectivity index (χ1) is 15.4. The van der Waals surface area contributed by atoms with Gasteiger partial charge in [0.05, 0.1) is 36.1 Å². The van der Waals surface area contributed by atoms with E-state index in [4.69, 9.17) is 26.2 Å². The first-order valence-electron chi connectivity index (χ1n) is 9.46. The van der Waals surface area contributed by atoms with Crippen LogP contribution in [0.15, 0.2) is 65.7 Å². The summed E-state index contributed by atoms with van der Waals surface area (Å²) in [6.07, 6.45) is 1.64. The molecule has 0 aliphatic carbocycles. The van der Waals surface area contributed by atoms with Gasteiger partial charge in [0.15, 0.2) is 11.5 Å². The summed E-state index contributed by atoms with van der Waals surface area (Å²) in [5.41, 5.74) is 2.67. The van der Waals surface area contributed by atoms with Crippen LogP contribution in [0.2, 0.25) is 5.02 Å². The van der Waals surface area contributed by atoms with Crippen molar-refractivity contribution in [2.75, 3.05) is 14.2 Å². The molecule has 7 nitrogen and oxygen atoms in total. The van der Waals surface area contributed by atoms with Gasteiger partial charge < -0.3 is 19.3 Å². The van der Waals surface area contributed by atoms with Gasteiger partial charge in [0, 0.05) is 6.21 Å². The lowest BCUT2D eigenvalue weighted by molar-refractivity contribution is 0.0600. The fourth-order valence-electron chi connectivity index (χ4n) is 2.80. The van der Waals surface area contributed by atoms with E-state index < -0.39 is 11.9 Å². The second-order valence-electron chi connectivity index (χ2n) is 6.61. The first-order valence-corrected chi connectivity index (χ1v) is 9.84. The molecule has 3 aromatic carbocycles. The highest BCUT2D eigenvalue weighted by atomic mass is 35.5. The van der Waals surface area contributed by atoms with Crippen LogP contribution in [-0.2, 0) is 11.3 Å². The summed E-state index contributed by atoms with van der Waals surface area (Å²) in [5, 5.41) is 9.22. The van der Waals surface area contributed by atoms with Crippen LogP contribution in [0.1, 0.15) is 31.8 Å². The molecule has 0 saturated carbocycles. The number of esters is 1. The number of carbonyl (C=O) groups is 2. The Bertz CT molecular complexity index is 1160. The van der Waals surface area contributed by atoms with E-state index in [-0.39, 0.29) is 22.8 Å². The van der Waals surface area contributed by atoms with E-state index in [0.717, 1.165) is 11.1 Å². The van der Waals surface area contributed by atoms with Crippen molar-refractivity contribution in [2.45, 2.75) is 6.61 Å². The number of carboxylic acid groups (broad SMARTS) is 1. The van der Waals surface area contributed by atoms with Gasteiger partial charge in [-0.15, -0.1) is 0 Å². The summed E-state index contributed by atoms with van der Waals surface area (Å²) < 4.78 is 15.9. The van der Waals surface area contributed by atoms with E-state index in [1.165, 1.54) is 26.4 Å². The number of aliphatic imine (C=N–C) groups is 1. The number of hydrogen-bond donors (Lipinski definition) is 1. The van der Waals surface area contributed by atoms with Crippen molar-refractivity contribution in [1.29, 1.82) is 0 Å². The maximum absolute atomic E-state index is 11.6. The Balaban J connectivity index is 1.70. The van der Waals surface area contributed by atoms with Crippen molar-refractivity contribution in [3.8, 4) is 11.5 Å². The second-order valence-corrected chi connectivity index (χ2v) is 7.02. The number of ether oxygens (including phenoxy) is 3. The van der Waals surface area contributed by atoms with Crippen LogP contribution in [0.5, 0.6) is 11.5 Å². The van der Waals surface area contributed by atoms with Crippen molar-refractivity contribution < 1.29 is 28.9 Å². The van der Waals surface area contributed by atoms with Gasteiger partial charge in [0.1, 0.15) is 6.61 Å². The fourth-order valence-corrected chi connectivity index (χ4v) is 3.05. The molecule has 0 bridgehead atoms. The van der Waals surface area contributed by atoms with Crippen molar-refractivity contribution in [2.24, 2.45) is 4.99 Å². The minimum atomic E-state index is -0.974. The highest BCUT2D eigenvalue weighted by molar-refractivity contribution is 6.33. The maximum Gasteiger partial charge on any atom is 0.339 e. The van der Waals surface area contributed by atoms with Crippen molar-refractivity contribution >= 4 is 35.4 Å². The number of aromatic carboxylic acids is 1. The average molecular weight is 454 g/mol. The maximum atomic E-state index is 11.6. The highest BCUT2D eigenvalue weighted by Crippen LogP contribution is 2.29. The number of carboxylic acids is 1. The Morgan fingerprint density at radius 2 is 1.75 bits per heavy atom. The van der Waals surface area contributed by atoms with Crippen LogP contribution in [0, 0.1) is 0 Å². The third kappa shape index (κ3) is 5.65. The monoisotopic (exact) mass is 453 g/mol. The molecular formula is C24H20ClNO6. The molecule has 0 atom stereocenters. The molecule has 0 heterocycles. The van der Waals surface area contributed by atoms with Gasteiger partial charge in [-0.1, -0.05) is 23.7 Å². The molecule has 0 saturated heterocycles. The normalized spacial score (nSPS) is 10.7. The summed E-state index contributed by atoms with van der Waals surface area (Å²) in [7, 11) is 2.83. The van der Waals surface area contributed by atoms with Crippen molar-refractivity contribution in [3.05, 3.63) is 87.9 Å². The number of benzene rings is 3. The molecule has 0 radical (unpaired) electrons. The smallest absolute Gasteiger partial charge is 0.339 e. The summed E-state index contributed by atoms with van der Waals surface area (Å²) >= 11 is 6.12. The lowest BCUT2D eigenvalue weighted by Crippen LogP contribution is -2.01. The van der Waals surface area contributed by atoms with E-state index in [1.54, 1.807) is 48.7 Å². The number of methoxy groups -OCH3 is 2.